The molecule has 1 amide bonds. The monoisotopic (exact) mass is 315 g/mol. The lowest BCUT2D eigenvalue weighted by Crippen LogP contribution is -2.28. The van der Waals surface area contributed by atoms with Crippen molar-refractivity contribution in [2.75, 3.05) is 6.54 Å². The number of aliphatic hydroxyl groups is 1. The van der Waals surface area contributed by atoms with Gasteiger partial charge in [0.15, 0.2) is 6.29 Å². The third kappa shape index (κ3) is 4.23. The van der Waals surface area contributed by atoms with Crippen molar-refractivity contribution in [2.24, 2.45) is 0 Å². The van der Waals surface area contributed by atoms with Crippen LogP contribution in [0.1, 0.15) is 44.9 Å². The summed E-state index contributed by atoms with van der Waals surface area (Å²) in [6.07, 6.45) is 0.434. The van der Waals surface area contributed by atoms with Crippen LogP contribution in [0.2, 0.25) is 0 Å². The van der Waals surface area contributed by atoms with Gasteiger partial charge in [0.05, 0.1) is 11.7 Å². The molecule has 120 valence electrons. The summed E-state index contributed by atoms with van der Waals surface area (Å²) in [7, 11) is 0. The number of aldehydes is 1. The zero-order valence-corrected chi connectivity index (χ0v) is 12.8. The fraction of sp³-hybridized carbons (Fsp3) is 0.222. The van der Waals surface area contributed by atoms with Gasteiger partial charge in [-0.05, 0) is 35.7 Å². The van der Waals surface area contributed by atoms with Gasteiger partial charge in [-0.3, -0.25) is 9.59 Å². The first-order chi connectivity index (χ1) is 11.0. The molecular formula is C18H18FNO3. The highest BCUT2D eigenvalue weighted by molar-refractivity contribution is 5.95. The Morgan fingerprint density at radius 1 is 1.26 bits per heavy atom. The van der Waals surface area contributed by atoms with Gasteiger partial charge in [-0.1, -0.05) is 31.2 Å². The molecule has 2 aromatic carbocycles. The molecule has 0 fully saturated rings. The largest absolute Gasteiger partial charge is 0.387 e. The van der Waals surface area contributed by atoms with Crippen LogP contribution >= 0.6 is 0 Å². The minimum absolute atomic E-state index is 0.0259. The lowest BCUT2D eigenvalue weighted by molar-refractivity contribution is 0.0916. The number of rotatable bonds is 6. The maximum absolute atomic E-state index is 13.2. The van der Waals surface area contributed by atoms with Crippen molar-refractivity contribution in [3.05, 3.63) is 70.5 Å². The van der Waals surface area contributed by atoms with Crippen LogP contribution in [0.4, 0.5) is 4.39 Å². The Hall–Kier alpha value is -2.53. The van der Waals surface area contributed by atoms with Gasteiger partial charge in [0.1, 0.15) is 5.82 Å². The Balaban J connectivity index is 1.99. The van der Waals surface area contributed by atoms with E-state index in [1.54, 1.807) is 0 Å². The Morgan fingerprint density at radius 3 is 2.57 bits per heavy atom. The van der Waals surface area contributed by atoms with Crippen molar-refractivity contribution >= 4 is 12.2 Å². The molecule has 4 nitrogen and oxygen atoms in total. The van der Waals surface area contributed by atoms with Gasteiger partial charge in [0.2, 0.25) is 0 Å². The van der Waals surface area contributed by atoms with Crippen LogP contribution in [0.5, 0.6) is 0 Å². The molecule has 0 aromatic heterocycles. The average molecular weight is 315 g/mol. The number of halogens is 1. The number of hydrogen-bond donors (Lipinski definition) is 2. The van der Waals surface area contributed by atoms with Crippen LogP contribution in [-0.4, -0.2) is 23.8 Å². The molecule has 0 aliphatic rings. The summed E-state index contributed by atoms with van der Waals surface area (Å²) in [5.41, 5.74) is 1.86. The first kappa shape index (κ1) is 16.8. The van der Waals surface area contributed by atoms with Crippen molar-refractivity contribution in [3.63, 3.8) is 0 Å². The number of carbonyl (C=O) groups is 2. The molecule has 0 saturated heterocycles. The molecule has 0 aliphatic carbocycles. The molecule has 0 bridgehead atoms. The van der Waals surface area contributed by atoms with Crippen LogP contribution in [0.25, 0.3) is 0 Å². The van der Waals surface area contributed by atoms with Gasteiger partial charge in [-0.25, -0.2) is 4.39 Å². The number of aliphatic hydroxyl groups excluding tert-OH is 1. The topological polar surface area (TPSA) is 66.4 Å². The average Bonchev–Trinajstić information content (AvgIpc) is 2.59. The highest BCUT2D eigenvalue weighted by atomic mass is 19.1. The smallest absolute Gasteiger partial charge is 0.251 e. The Morgan fingerprint density at radius 2 is 1.96 bits per heavy atom. The Bertz CT molecular complexity index is 698. The molecule has 1 unspecified atom stereocenters. The summed E-state index contributed by atoms with van der Waals surface area (Å²) in [6, 6.07) is 11.0. The third-order valence-corrected chi connectivity index (χ3v) is 3.61. The van der Waals surface area contributed by atoms with E-state index in [1.165, 1.54) is 12.1 Å². The second-order valence-electron chi connectivity index (χ2n) is 5.18. The van der Waals surface area contributed by atoms with Crippen molar-refractivity contribution in [1.82, 2.24) is 5.32 Å². The number of hydrogen-bond acceptors (Lipinski definition) is 3. The molecule has 23 heavy (non-hydrogen) atoms. The van der Waals surface area contributed by atoms with E-state index in [-0.39, 0.29) is 17.7 Å². The maximum atomic E-state index is 13.2. The highest BCUT2D eigenvalue weighted by Gasteiger charge is 2.12. The zero-order valence-electron chi connectivity index (χ0n) is 12.8. The fourth-order valence-electron chi connectivity index (χ4n) is 2.16. The molecule has 0 heterocycles. The van der Waals surface area contributed by atoms with Crippen LogP contribution in [0, 0.1) is 5.82 Å². The van der Waals surface area contributed by atoms with E-state index in [9.17, 15) is 19.1 Å². The first-order valence-corrected chi connectivity index (χ1v) is 7.35. The van der Waals surface area contributed by atoms with Crippen LogP contribution in [-0.2, 0) is 6.42 Å². The van der Waals surface area contributed by atoms with E-state index in [0.29, 0.717) is 11.8 Å². The summed E-state index contributed by atoms with van der Waals surface area (Å²) in [4.78, 5) is 22.7. The minimum Gasteiger partial charge on any atom is -0.387 e. The van der Waals surface area contributed by atoms with Crippen LogP contribution < -0.4 is 5.32 Å². The molecule has 0 spiro atoms. The molecule has 0 aliphatic heterocycles. The minimum atomic E-state index is -0.837. The van der Waals surface area contributed by atoms with Gasteiger partial charge in [0.25, 0.3) is 5.91 Å². The zero-order chi connectivity index (χ0) is 16.8. The van der Waals surface area contributed by atoms with E-state index in [0.717, 1.165) is 18.1 Å². The quantitative estimate of drug-likeness (QED) is 0.805. The van der Waals surface area contributed by atoms with Crippen molar-refractivity contribution in [1.29, 1.82) is 0 Å². The fourth-order valence-corrected chi connectivity index (χ4v) is 2.16. The molecule has 0 saturated carbocycles. The maximum Gasteiger partial charge on any atom is 0.251 e. The summed E-state index contributed by atoms with van der Waals surface area (Å²) >= 11 is 0. The van der Waals surface area contributed by atoms with E-state index in [2.05, 4.69) is 5.32 Å². The molecule has 2 N–H and O–H groups in total. The number of nitrogens with one attached hydrogen (secondary N) is 1. The number of aryl methyl sites for hydroxylation is 1. The van der Waals surface area contributed by atoms with Crippen LogP contribution in [0.3, 0.4) is 0 Å². The summed E-state index contributed by atoms with van der Waals surface area (Å²) < 4.78 is 13.2. The van der Waals surface area contributed by atoms with Crippen molar-refractivity contribution in [2.45, 2.75) is 19.4 Å². The van der Waals surface area contributed by atoms with Gasteiger partial charge < -0.3 is 10.4 Å². The molecule has 5 heteroatoms. The lowest BCUT2D eigenvalue weighted by Gasteiger charge is -2.13. The lowest BCUT2D eigenvalue weighted by atomic mass is 10.1. The number of carbonyl (C=O) groups excluding carboxylic acids is 2. The Labute approximate surface area is 134 Å². The second kappa shape index (κ2) is 7.65. The van der Waals surface area contributed by atoms with Gasteiger partial charge >= 0.3 is 0 Å². The van der Waals surface area contributed by atoms with Crippen molar-refractivity contribution < 1.29 is 19.1 Å². The SMILES string of the molecule is CCc1ccc(C(O)CNC(=O)c2ccc(F)c(C=O)c2)cc1. The molecule has 2 rings (SSSR count). The molecular weight excluding hydrogens is 297 g/mol. The highest BCUT2D eigenvalue weighted by Crippen LogP contribution is 2.14. The van der Waals surface area contributed by atoms with Gasteiger partial charge in [-0.15, -0.1) is 0 Å². The predicted octanol–water partition coefficient (Wildman–Crippen LogP) is 2.66. The summed E-state index contributed by atoms with van der Waals surface area (Å²) in [5, 5.41) is 12.7. The second-order valence-corrected chi connectivity index (χ2v) is 5.18. The molecule has 0 radical (unpaired) electrons. The van der Waals surface area contributed by atoms with Gasteiger partial charge in [-0.2, -0.15) is 0 Å². The third-order valence-electron chi connectivity index (χ3n) is 3.61. The molecule has 2 aromatic rings. The van der Waals surface area contributed by atoms with E-state index >= 15 is 0 Å². The van der Waals surface area contributed by atoms with Crippen molar-refractivity contribution in [3.8, 4) is 0 Å². The Kier molecular flexibility index (Phi) is 5.60. The summed E-state index contributed by atoms with van der Waals surface area (Å²) in [5.74, 6) is -1.15. The summed E-state index contributed by atoms with van der Waals surface area (Å²) in [6.45, 7) is 2.07. The van der Waals surface area contributed by atoms with E-state index in [4.69, 9.17) is 0 Å². The normalized spacial score (nSPS) is 11.8. The number of amides is 1. The van der Waals surface area contributed by atoms with E-state index < -0.39 is 17.8 Å². The standard InChI is InChI=1S/C18H18FNO3/c1-2-12-3-5-13(6-4-12)17(22)10-20-18(23)14-7-8-16(19)15(9-14)11-21/h3-9,11,17,22H,2,10H2,1H3,(H,20,23). The first-order valence-electron chi connectivity index (χ1n) is 7.35. The van der Waals surface area contributed by atoms with E-state index in [1.807, 2.05) is 31.2 Å². The van der Waals surface area contributed by atoms with Gasteiger partial charge in [0, 0.05) is 12.1 Å². The predicted molar refractivity (Wildman–Crippen MR) is 84.9 cm³/mol. The van der Waals surface area contributed by atoms with Crippen LogP contribution in [0.15, 0.2) is 42.5 Å². The number of benzene rings is 2. The molecule has 1 atom stereocenters.